The summed E-state index contributed by atoms with van der Waals surface area (Å²) in [5.41, 5.74) is 6.06. The van der Waals surface area contributed by atoms with Crippen LogP contribution in [-0.2, 0) is 4.74 Å². The van der Waals surface area contributed by atoms with E-state index in [1.165, 1.54) is 25.9 Å². The van der Waals surface area contributed by atoms with E-state index in [0.717, 1.165) is 25.8 Å². The van der Waals surface area contributed by atoms with Crippen LogP contribution in [0.3, 0.4) is 0 Å². The van der Waals surface area contributed by atoms with Gasteiger partial charge >= 0.3 is 6.09 Å². The minimum atomic E-state index is -0.214. The molecule has 2 aliphatic rings. The Morgan fingerprint density at radius 3 is 2.44 bits per heavy atom. The van der Waals surface area contributed by atoms with Crippen LogP contribution in [0, 0.1) is 0 Å². The highest BCUT2D eigenvalue weighted by Gasteiger charge is 2.24. The molecule has 2 saturated heterocycles. The first-order valence-corrected chi connectivity index (χ1v) is 9.36. The molecule has 2 rings (SSSR count). The zero-order chi connectivity index (χ0) is 17.4. The van der Waals surface area contributed by atoms with Gasteiger partial charge in [0.1, 0.15) is 0 Å². The minimum absolute atomic E-state index is 0. The standard InChI is InChI=1S/C17H33N5O2.HI/c1-3-15(21-9-5-6-10-21)13-19-16(18)20-14-7-11-22(12-8-14)17(23)24-4-2;/h14-15H,3-13H2,1-2H3,(H3,18,19,20);1H. The van der Waals surface area contributed by atoms with Crippen LogP contribution in [0.25, 0.3) is 0 Å². The number of halogens is 1. The maximum atomic E-state index is 11.7. The molecular formula is C17H34IN5O2. The molecule has 2 heterocycles. The summed E-state index contributed by atoms with van der Waals surface area (Å²) in [6.07, 6.45) is 5.24. The Morgan fingerprint density at radius 1 is 1.24 bits per heavy atom. The molecule has 0 saturated carbocycles. The molecular weight excluding hydrogens is 433 g/mol. The van der Waals surface area contributed by atoms with Crippen LogP contribution in [-0.4, -0.2) is 73.3 Å². The molecule has 2 aliphatic heterocycles. The Bertz CT molecular complexity index is 421. The average Bonchev–Trinajstić information content (AvgIpc) is 3.11. The van der Waals surface area contributed by atoms with Crippen molar-refractivity contribution in [1.82, 2.24) is 15.1 Å². The SMILES string of the molecule is CCOC(=O)N1CCC(NC(N)=NCC(CC)N2CCCC2)CC1.I. The topological polar surface area (TPSA) is 83.2 Å². The fraction of sp³-hybridized carbons (Fsp3) is 0.882. The second kappa shape index (κ2) is 11.8. The molecule has 1 amide bonds. The molecule has 3 N–H and O–H groups in total. The van der Waals surface area contributed by atoms with Crippen molar-refractivity contribution < 1.29 is 9.53 Å². The summed E-state index contributed by atoms with van der Waals surface area (Å²) in [7, 11) is 0. The molecule has 0 spiro atoms. The molecule has 7 nitrogen and oxygen atoms in total. The summed E-state index contributed by atoms with van der Waals surface area (Å²) in [4.78, 5) is 20.5. The molecule has 0 aromatic rings. The normalized spacial score (nSPS) is 20.9. The number of hydrogen-bond acceptors (Lipinski definition) is 4. The zero-order valence-electron chi connectivity index (χ0n) is 15.6. The first kappa shape index (κ1) is 22.3. The molecule has 0 aromatic heterocycles. The van der Waals surface area contributed by atoms with Gasteiger partial charge in [0, 0.05) is 25.2 Å². The van der Waals surface area contributed by atoms with Gasteiger partial charge in [-0.15, -0.1) is 24.0 Å². The summed E-state index contributed by atoms with van der Waals surface area (Å²) in [5.74, 6) is 0.530. The van der Waals surface area contributed by atoms with Crippen molar-refractivity contribution in [2.24, 2.45) is 10.7 Å². The van der Waals surface area contributed by atoms with Crippen molar-refractivity contribution in [2.75, 3.05) is 39.3 Å². The Kier molecular flexibility index (Phi) is 10.5. The van der Waals surface area contributed by atoms with Crippen LogP contribution in [0.15, 0.2) is 4.99 Å². The van der Waals surface area contributed by atoms with Gasteiger partial charge in [0.25, 0.3) is 0 Å². The minimum Gasteiger partial charge on any atom is -0.450 e. The van der Waals surface area contributed by atoms with E-state index >= 15 is 0 Å². The molecule has 0 aliphatic carbocycles. The molecule has 146 valence electrons. The van der Waals surface area contributed by atoms with E-state index in [0.29, 0.717) is 31.7 Å². The number of nitrogens with one attached hydrogen (secondary N) is 1. The van der Waals surface area contributed by atoms with E-state index < -0.39 is 0 Å². The number of ether oxygens (including phenoxy) is 1. The van der Waals surface area contributed by atoms with E-state index in [2.05, 4.69) is 22.1 Å². The van der Waals surface area contributed by atoms with Gasteiger partial charge in [-0.25, -0.2) is 4.79 Å². The third-order valence-corrected chi connectivity index (χ3v) is 4.97. The lowest BCUT2D eigenvalue weighted by Gasteiger charge is -2.32. The first-order valence-electron chi connectivity index (χ1n) is 9.36. The summed E-state index contributed by atoms with van der Waals surface area (Å²) in [6.45, 7) is 9.01. The highest BCUT2D eigenvalue weighted by Crippen LogP contribution is 2.14. The summed E-state index contributed by atoms with van der Waals surface area (Å²) in [5, 5.41) is 3.31. The van der Waals surface area contributed by atoms with Gasteiger partial charge < -0.3 is 20.7 Å². The second-order valence-electron chi connectivity index (χ2n) is 6.64. The van der Waals surface area contributed by atoms with E-state index in [9.17, 15) is 4.79 Å². The number of aliphatic imine (C=N–C) groups is 1. The Hall–Kier alpha value is -0.770. The molecule has 25 heavy (non-hydrogen) atoms. The number of nitrogens with zero attached hydrogens (tertiary/aromatic N) is 3. The van der Waals surface area contributed by atoms with Gasteiger partial charge in [0.2, 0.25) is 0 Å². The summed E-state index contributed by atoms with van der Waals surface area (Å²) < 4.78 is 5.04. The maximum absolute atomic E-state index is 11.7. The van der Waals surface area contributed by atoms with Crippen molar-refractivity contribution in [3.63, 3.8) is 0 Å². The lowest BCUT2D eigenvalue weighted by molar-refractivity contribution is 0.0963. The zero-order valence-corrected chi connectivity index (χ0v) is 17.9. The van der Waals surface area contributed by atoms with E-state index in [-0.39, 0.29) is 36.1 Å². The molecule has 0 bridgehead atoms. The van der Waals surface area contributed by atoms with Gasteiger partial charge in [-0.3, -0.25) is 9.89 Å². The molecule has 2 fully saturated rings. The first-order chi connectivity index (χ1) is 11.6. The maximum Gasteiger partial charge on any atom is 0.409 e. The second-order valence-corrected chi connectivity index (χ2v) is 6.64. The average molecular weight is 467 g/mol. The summed E-state index contributed by atoms with van der Waals surface area (Å²) >= 11 is 0. The third kappa shape index (κ3) is 7.16. The predicted octanol–water partition coefficient (Wildman–Crippen LogP) is 2.00. The number of guanidine groups is 1. The summed E-state index contributed by atoms with van der Waals surface area (Å²) in [6, 6.07) is 0.782. The van der Waals surface area contributed by atoms with Gasteiger partial charge in [0.15, 0.2) is 5.96 Å². The number of carbonyl (C=O) groups excluding carboxylic acids is 1. The van der Waals surface area contributed by atoms with Crippen LogP contribution in [0.4, 0.5) is 4.79 Å². The number of carbonyl (C=O) groups is 1. The Labute approximate surface area is 168 Å². The predicted molar refractivity (Wildman–Crippen MR) is 112 cm³/mol. The van der Waals surface area contributed by atoms with E-state index in [1.54, 1.807) is 4.90 Å². The smallest absolute Gasteiger partial charge is 0.409 e. The van der Waals surface area contributed by atoms with Crippen LogP contribution in [0.5, 0.6) is 0 Å². The van der Waals surface area contributed by atoms with Crippen molar-refractivity contribution in [2.45, 2.75) is 58.0 Å². The molecule has 1 unspecified atom stereocenters. The Morgan fingerprint density at radius 2 is 1.88 bits per heavy atom. The van der Waals surface area contributed by atoms with Crippen LogP contribution < -0.4 is 11.1 Å². The number of nitrogens with two attached hydrogens (primary N) is 1. The third-order valence-electron chi connectivity index (χ3n) is 4.97. The largest absolute Gasteiger partial charge is 0.450 e. The van der Waals surface area contributed by atoms with Crippen molar-refractivity contribution >= 4 is 36.0 Å². The van der Waals surface area contributed by atoms with Crippen LogP contribution >= 0.6 is 24.0 Å². The fourth-order valence-corrected chi connectivity index (χ4v) is 3.49. The highest BCUT2D eigenvalue weighted by molar-refractivity contribution is 14.0. The Balaban J connectivity index is 0.00000312. The lowest BCUT2D eigenvalue weighted by Crippen LogP contribution is -2.48. The number of piperidine rings is 1. The highest BCUT2D eigenvalue weighted by atomic mass is 127. The quantitative estimate of drug-likeness (QED) is 0.355. The van der Waals surface area contributed by atoms with E-state index in [1.807, 2.05) is 6.92 Å². The van der Waals surface area contributed by atoms with Crippen molar-refractivity contribution in [1.29, 1.82) is 0 Å². The van der Waals surface area contributed by atoms with Crippen LogP contribution in [0.1, 0.15) is 46.0 Å². The molecule has 0 aromatic carbocycles. The van der Waals surface area contributed by atoms with E-state index in [4.69, 9.17) is 10.5 Å². The van der Waals surface area contributed by atoms with Gasteiger partial charge in [0.05, 0.1) is 13.2 Å². The van der Waals surface area contributed by atoms with Crippen molar-refractivity contribution in [3.05, 3.63) is 0 Å². The molecule has 0 radical (unpaired) electrons. The fourth-order valence-electron chi connectivity index (χ4n) is 3.49. The van der Waals surface area contributed by atoms with Gasteiger partial charge in [-0.1, -0.05) is 6.92 Å². The van der Waals surface area contributed by atoms with Gasteiger partial charge in [-0.05, 0) is 52.1 Å². The number of hydrogen-bond donors (Lipinski definition) is 2. The monoisotopic (exact) mass is 467 g/mol. The van der Waals surface area contributed by atoms with Gasteiger partial charge in [-0.2, -0.15) is 0 Å². The van der Waals surface area contributed by atoms with Crippen molar-refractivity contribution in [3.8, 4) is 0 Å². The molecule has 8 heteroatoms. The lowest BCUT2D eigenvalue weighted by atomic mass is 10.1. The number of rotatable bonds is 6. The molecule has 1 atom stereocenters. The van der Waals surface area contributed by atoms with Crippen LogP contribution in [0.2, 0.25) is 0 Å². The number of amides is 1. The number of likely N-dealkylation sites (tertiary alicyclic amines) is 2.